The first-order chi connectivity index (χ1) is 11.7. The van der Waals surface area contributed by atoms with Gasteiger partial charge < -0.3 is 10.6 Å². The van der Waals surface area contributed by atoms with Crippen LogP contribution in [0.5, 0.6) is 0 Å². The summed E-state index contributed by atoms with van der Waals surface area (Å²) in [6.45, 7) is 2.37. The lowest BCUT2D eigenvalue weighted by molar-refractivity contribution is 0.0942. The van der Waals surface area contributed by atoms with Crippen molar-refractivity contribution in [3.8, 4) is 0 Å². The number of aromatic nitrogens is 3. The quantitative estimate of drug-likeness (QED) is 0.712. The maximum atomic E-state index is 12.7. The SMILES string of the molecule is O=C(c1cscn1)n1nc(C2CNC2)cc1NCc1ccc(Cl)s1. The van der Waals surface area contributed by atoms with Crippen LogP contribution in [0.25, 0.3) is 0 Å². The molecule has 4 rings (SSSR count). The van der Waals surface area contributed by atoms with Crippen LogP contribution >= 0.6 is 34.3 Å². The molecule has 24 heavy (non-hydrogen) atoms. The molecule has 0 bridgehead atoms. The number of anilines is 1. The first-order valence-electron chi connectivity index (χ1n) is 7.42. The van der Waals surface area contributed by atoms with Crippen molar-refractivity contribution in [1.82, 2.24) is 20.1 Å². The van der Waals surface area contributed by atoms with Gasteiger partial charge in [-0.2, -0.15) is 9.78 Å². The molecule has 0 radical (unpaired) electrons. The van der Waals surface area contributed by atoms with Gasteiger partial charge in [-0.25, -0.2) is 4.98 Å². The first kappa shape index (κ1) is 15.8. The molecule has 4 heterocycles. The molecule has 1 aliphatic rings. The maximum absolute atomic E-state index is 12.7. The van der Waals surface area contributed by atoms with E-state index in [9.17, 15) is 4.79 Å². The average molecular weight is 380 g/mol. The third-order valence-corrected chi connectivity index (χ3v) is 5.66. The molecule has 1 aliphatic heterocycles. The highest BCUT2D eigenvalue weighted by molar-refractivity contribution is 7.16. The number of hydrogen-bond acceptors (Lipinski definition) is 7. The third-order valence-electron chi connectivity index (χ3n) is 3.84. The first-order valence-corrected chi connectivity index (χ1v) is 9.56. The van der Waals surface area contributed by atoms with E-state index in [2.05, 4.69) is 20.7 Å². The second-order valence-corrected chi connectivity index (χ2v) is 7.98. The van der Waals surface area contributed by atoms with Crippen molar-refractivity contribution in [3.63, 3.8) is 0 Å². The highest BCUT2D eigenvalue weighted by atomic mass is 35.5. The number of halogens is 1. The zero-order chi connectivity index (χ0) is 16.5. The summed E-state index contributed by atoms with van der Waals surface area (Å²) in [5.41, 5.74) is 2.97. The fourth-order valence-electron chi connectivity index (χ4n) is 2.43. The van der Waals surface area contributed by atoms with Gasteiger partial charge in [-0.3, -0.25) is 4.79 Å². The van der Waals surface area contributed by atoms with Crippen molar-refractivity contribution in [3.05, 3.63) is 49.7 Å². The van der Waals surface area contributed by atoms with Crippen molar-refractivity contribution in [1.29, 1.82) is 0 Å². The summed E-state index contributed by atoms with van der Waals surface area (Å²) in [6.07, 6.45) is 0. The van der Waals surface area contributed by atoms with Gasteiger partial charge in [-0.1, -0.05) is 11.6 Å². The number of nitrogens with one attached hydrogen (secondary N) is 2. The Morgan fingerprint density at radius 2 is 2.33 bits per heavy atom. The highest BCUT2D eigenvalue weighted by Crippen LogP contribution is 2.25. The molecule has 0 amide bonds. The van der Waals surface area contributed by atoms with Crippen LogP contribution in [-0.2, 0) is 6.54 Å². The molecule has 3 aromatic heterocycles. The fraction of sp³-hybridized carbons (Fsp3) is 0.267. The summed E-state index contributed by atoms with van der Waals surface area (Å²) in [6, 6.07) is 5.79. The van der Waals surface area contributed by atoms with Crippen LogP contribution < -0.4 is 10.6 Å². The Morgan fingerprint density at radius 1 is 1.46 bits per heavy atom. The summed E-state index contributed by atoms with van der Waals surface area (Å²) < 4.78 is 2.16. The normalized spacial score (nSPS) is 14.5. The second-order valence-electron chi connectivity index (χ2n) is 5.46. The minimum absolute atomic E-state index is 0.221. The average Bonchev–Trinajstić information content (AvgIpc) is 3.23. The van der Waals surface area contributed by atoms with E-state index in [0.29, 0.717) is 24.0 Å². The molecule has 0 aliphatic carbocycles. The van der Waals surface area contributed by atoms with E-state index in [1.54, 1.807) is 10.9 Å². The van der Waals surface area contributed by atoms with Crippen molar-refractivity contribution >= 4 is 46.0 Å². The summed E-state index contributed by atoms with van der Waals surface area (Å²) in [5, 5.41) is 12.8. The zero-order valence-corrected chi connectivity index (χ0v) is 14.9. The third kappa shape index (κ3) is 3.10. The topological polar surface area (TPSA) is 71.8 Å². The Morgan fingerprint density at radius 3 is 2.96 bits per heavy atom. The van der Waals surface area contributed by atoms with E-state index >= 15 is 0 Å². The Balaban J connectivity index is 1.60. The van der Waals surface area contributed by atoms with E-state index in [1.807, 2.05) is 18.2 Å². The molecule has 6 nitrogen and oxygen atoms in total. The van der Waals surface area contributed by atoms with Crippen molar-refractivity contribution < 1.29 is 4.79 Å². The van der Waals surface area contributed by atoms with Crippen molar-refractivity contribution in [2.45, 2.75) is 12.5 Å². The fourth-order valence-corrected chi connectivity index (χ4v) is 3.98. The van der Waals surface area contributed by atoms with Crippen molar-refractivity contribution in [2.75, 3.05) is 18.4 Å². The summed E-state index contributed by atoms with van der Waals surface area (Å²) >= 11 is 8.88. The van der Waals surface area contributed by atoms with Gasteiger partial charge >= 0.3 is 0 Å². The van der Waals surface area contributed by atoms with Gasteiger partial charge in [0.15, 0.2) is 0 Å². The van der Waals surface area contributed by atoms with Crippen LogP contribution in [0.3, 0.4) is 0 Å². The van der Waals surface area contributed by atoms with Gasteiger partial charge in [-0.05, 0) is 12.1 Å². The van der Waals surface area contributed by atoms with E-state index < -0.39 is 0 Å². The van der Waals surface area contributed by atoms with E-state index in [1.165, 1.54) is 27.4 Å². The molecule has 0 aromatic carbocycles. The van der Waals surface area contributed by atoms with Crippen molar-refractivity contribution in [2.24, 2.45) is 0 Å². The van der Waals surface area contributed by atoms with Crippen LogP contribution in [0.15, 0.2) is 29.1 Å². The Bertz CT molecular complexity index is 853. The molecule has 0 saturated carbocycles. The Hall–Kier alpha value is -1.74. The predicted octanol–water partition coefficient (Wildman–Crippen LogP) is 3.04. The van der Waals surface area contributed by atoms with Gasteiger partial charge in [0.25, 0.3) is 5.91 Å². The molecule has 1 fully saturated rings. The smallest absolute Gasteiger partial charge is 0.299 e. The second kappa shape index (κ2) is 6.64. The molecule has 2 N–H and O–H groups in total. The number of rotatable bonds is 5. The lowest BCUT2D eigenvalue weighted by Crippen LogP contribution is -2.40. The summed E-state index contributed by atoms with van der Waals surface area (Å²) in [5.74, 6) is 0.812. The number of thiazole rings is 1. The highest BCUT2D eigenvalue weighted by Gasteiger charge is 2.25. The lowest BCUT2D eigenvalue weighted by Gasteiger charge is -2.24. The molecule has 1 saturated heterocycles. The van der Waals surface area contributed by atoms with E-state index in [0.717, 1.165) is 28.0 Å². The van der Waals surface area contributed by atoms with E-state index in [-0.39, 0.29) is 5.91 Å². The number of hydrogen-bond donors (Lipinski definition) is 2. The number of carbonyl (C=O) groups is 1. The number of thiophene rings is 1. The molecule has 0 atom stereocenters. The lowest BCUT2D eigenvalue weighted by atomic mass is 10.00. The van der Waals surface area contributed by atoms with Gasteiger partial charge in [0.1, 0.15) is 11.5 Å². The molecule has 3 aromatic rings. The maximum Gasteiger partial charge on any atom is 0.299 e. The number of nitrogens with zero attached hydrogens (tertiary/aromatic N) is 3. The van der Waals surface area contributed by atoms with Crippen LogP contribution in [0.4, 0.5) is 5.82 Å². The van der Waals surface area contributed by atoms with Crippen LogP contribution in [0.2, 0.25) is 4.34 Å². The minimum Gasteiger partial charge on any atom is -0.365 e. The molecule has 9 heteroatoms. The molecular weight excluding hydrogens is 366 g/mol. The van der Waals surface area contributed by atoms with Crippen LogP contribution in [0, 0.1) is 0 Å². The van der Waals surface area contributed by atoms with Gasteiger partial charge in [-0.15, -0.1) is 22.7 Å². The van der Waals surface area contributed by atoms with Crippen LogP contribution in [0.1, 0.15) is 27.0 Å². The molecule has 124 valence electrons. The predicted molar refractivity (Wildman–Crippen MR) is 96.3 cm³/mol. The monoisotopic (exact) mass is 379 g/mol. The number of carbonyl (C=O) groups excluding carboxylic acids is 1. The van der Waals surface area contributed by atoms with Crippen LogP contribution in [-0.4, -0.2) is 33.8 Å². The Kier molecular flexibility index (Phi) is 4.36. The zero-order valence-electron chi connectivity index (χ0n) is 12.5. The standard InChI is InChI=1S/C15H14ClN5OS2/c16-13-2-1-10(24-13)6-18-14-3-11(9-4-17-5-9)20-21(14)15(22)12-7-23-8-19-12/h1-3,7-9,17-18H,4-6H2. The molecular formula is C15H14ClN5OS2. The minimum atomic E-state index is -0.221. The van der Waals surface area contributed by atoms with Gasteiger partial charge in [0.2, 0.25) is 0 Å². The van der Waals surface area contributed by atoms with Gasteiger partial charge in [0, 0.05) is 35.3 Å². The molecule has 0 spiro atoms. The van der Waals surface area contributed by atoms with Gasteiger partial charge in [0.05, 0.1) is 22.1 Å². The van der Waals surface area contributed by atoms with E-state index in [4.69, 9.17) is 11.6 Å². The molecule has 0 unspecified atom stereocenters. The largest absolute Gasteiger partial charge is 0.365 e. The Labute approximate surface area is 151 Å². The summed E-state index contributed by atoms with van der Waals surface area (Å²) in [4.78, 5) is 17.9. The summed E-state index contributed by atoms with van der Waals surface area (Å²) in [7, 11) is 0.